The Labute approximate surface area is 114 Å². The highest BCUT2D eigenvalue weighted by Crippen LogP contribution is 2.42. The summed E-state index contributed by atoms with van der Waals surface area (Å²) in [6.07, 6.45) is 0. The van der Waals surface area contributed by atoms with Crippen molar-refractivity contribution in [2.24, 2.45) is 0 Å². The molecule has 100 valence electrons. The summed E-state index contributed by atoms with van der Waals surface area (Å²) in [6.45, 7) is 1.93. The summed E-state index contributed by atoms with van der Waals surface area (Å²) in [5.41, 5.74) is 1.03. The smallest absolute Gasteiger partial charge is 0.375 e. The maximum atomic E-state index is 11.7. The fraction of sp³-hybridized carbons (Fsp3) is 0.231. The van der Waals surface area contributed by atoms with Gasteiger partial charge in [0.25, 0.3) is 0 Å². The first-order chi connectivity index (χ1) is 9.06. The topological polar surface area (TPSA) is 61.8 Å². The van der Waals surface area contributed by atoms with Crippen LogP contribution in [-0.4, -0.2) is 26.2 Å². The monoisotopic (exact) mass is 280 g/mol. The van der Waals surface area contributed by atoms with Gasteiger partial charge in [-0.15, -0.1) is 0 Å². The zero-order chi connectivity index (χ0) is 14.0. The van der Waals surface area contributed by atoms with Crippen molar-refractivity contribution in [3.05, 3.63) is 34.4 Å². The number of thioether (sulfide) groups is 1. The van der Waals surface area contributed by atoms with Crippen LogP contribution in [0.25, 0.3) is 0 Å². The Morgan fingerprint density at radius 3 is 2.47 bits per heavy atom. The normalized spacial score (nSPS) is 13.4. The molecule has 0 amide bonds. The highest BCUT2D eigenvalue weighted by Gasteiger charge is 2.31. The van der Waals surface area contributed by atoms with Gasteiger partial charge in [0.15, 0.2) is 0 Å². The minimum Gasteiger partial charge on any atom is -0.465 e. The van der Waals surface area contributed by atoms with Crippen molar-refractivity contribution in [1.29, 1.82) is 0 Å². The molecule has 0 spiro atoms. The standard InChI is InChI=1S/C13H12O5S/c1-7-4-5-8-9(6-7)19-11(13(15)17-3)10(18-8)12(14)16-2/h4-6H,1-3H3. The summed E-state index contributed by atoms with van der Waals surface area (Å²) in [5.74, 6) is -0.962. The highest BCUT2D eigenvalue weighted by molar-refractivity contribution is 8.04. The van der Waals surface area contributed by atoms with Crippen LogP contribution in [0.15, 0.2) is 33.8 Å². The van der Waals surface area contributed by atoms with Crippen LogP contribution in [-0.2, 0) is 19.1 Å². The van der Waals surface area contributed by atoms with E-state index in [4.69, 9.17) is 4.74 Å². The molecule has 1 heterocycles. The summed E-state index contributed by atoms with van der Waals surface area (Å²) in [7, 11) is 2.47. The number of carbonyl (C=O) groups is 2. The van der Waals surface area contributed by atoms with Gasteiger partial charge in [-0.05, 0) is 24.6 Å². The predicted octanol–water partition coefficient (Wildman–Crippen LogP) is 2.04. The Balaban J connectivity index is 2.47. The van der Waals surface area contributed by atoms with Crippen LogP contribution in [0.5, 0.6) is 5.75 Å². The van der Waals surface area contributed by atoms with E-state index < -0.39 is 11.9 Å². The third-order valence-electron chi connectivity index (χ3n) is 2.47. The molecule has 0 fully saturated rings. The maximum absolute atomic E-state index is 11.7. The zero-order valence-electron chi connectivity index (χ0n) is 10.7. The Bertz CT molecular complexity index is 576. The van der Waals surface area contributed by atoms with Gasteiger partial charge in [-0.2, -0.15) is 0 Å². The highest BCUT2D eigenvalue weighted by atomic mass is 32.2. The van der Waals surface area contributed by atoms with Crippen LogP contribution in [0.1, 0.15) is 5.56 Å². The van der Waals surface area contributed by atoms with Crippen molar-refractivity contribution in [1.82, 2.24) is 0 Å². The Morgan fingerprint density at radius 1 is 1.16 bits per heavy atom. The summed E-state index contributed by atoms with van der Waals surface area (Å²) in [6, 6.07) is 5.48. The molecule has 5 nitrogen and oxygen atoms in total. The number of ether oxygens (including phenoxy) is 3. The molecule has 1 aliphatic rings. The molecule has 19 heavy (non-hydrogen) atoms. The first-order valence-electron chi connectivity index (χ1n) is 5.44. The number of carbonyl (C=O) groups excluding carboxylic acids is 2. The third-order valence-corrected chi connectivity index (χ3v) is 3.57. The lowest BCUT2D eigenvalue weighted by Gasteiger charge is -2.20. The second kappa shape index (κ2) is 5.36. The average molecular weight is 280 g/mol. The molecule has 6 heteroatoms. The molecule has 0 saturated heterocycles. The van der Waals surface area contributed by atoms with Crippen molar-refractivity contribution in [2.75, 3.05) is 14.2 Å². The average Bonchev–Trinajstić information content (AvgIpc) is 2.44. The molecule has 1 aliphatic heterocycles. The first-order valence-corrected chi connectivity index (χ1v) is 6.25. The number of rotatable bonds is 2. The van der Waals surface area contributed by atoms with E-state index in [1.54, 1.807) is 6.07 Å². The van der Waals surface area contributed by atoms with Crippen LogP contribution >= 0.6 is 11.8 Å². The van der Waals surface area contributed by atoms with Gasteiger partial charge in [0.05, 0.1) is 19.1 Å². The van der Waals surface area contributed by atoms with E-state index in [1.807, 2.05) is 19.1 Å². The fourth-order valence-electron chi connectivity index (χ4n) is 1.55. The molecule has 0 bridgehead atoms. The van der Waals surface area contributed by atoms with Gasteiger partial charge < -0.3 is 14.2 Å². The van der Waals surface area contributed by atoms with Crippen LogP contribution in [0.2, 0.25) is 0 Å². The molecule has 2 rings (SSSR count). The molecule has 1 aromatic carbocycles. The minimum absolute atomic E-state index is 0.0902. The van der Waals surface area contributed by atoms with Gasteiger partial charge in [-0.3, -0.25) is 0 Å². The third kappa shape index (κ3) is 2.58. The number of esters is 2. The summed E-state index contributed by atoms with van der Waals surface area (Å²) in [5, 5.41) is 0. The number of fused-ring (bicyclic) bond motifs is 1. The first kappa shape index (κ1) is 13.5. The van der Waals surface area contributed by atoms with Crippen molar-refractivity contribution < 1.29 is 23.8 Å². The second-order valence-electron chi connectivity index (χ2n) is 3.80. The van der Waals surface area contributed by atoms with Crippen LogP contribution in [0, 0.1) is 6.92 Å². The van der Waals surface area contributed by atoms with Gasteiger partial charge in [0.1, 0.15) is 10.7 Å². The molecule has 0 atom stereocenters. The number of benzene rings is 1. The van der Waals surface area contributed by atoms with E-state index in [1.165, 1.54) is 14.2 Å². The van der Waals surface area contributed by atoms with Gasteiger partial charge in [0.2, 0.25) is 5.76 Å². The molecule has 0 radical (unpaired) electrons. The van der Waals surface area contributed by atoms with Gasteiger partial charge in [-0.1, -0.05) is 17.8 Å². The molecular weight excluding hydrogens is 268 g/mol. The van der Waals surface area contributed by atoms with E-state index in [9.17, 15) is 9.59 Å². The van der Waals surface area contributed by atoms with E-state index >= 15 is 0 Å². The number of aryl methyl sites for hydroxylation is 1. The van der Waals surface area contributed by atoms with Gasteiger partial charge >= 0.3 is 11.9 Å². The van der Waals surface area contributed by atoms with Crippen LogP contribution < -0.4 is 4.74 Å². The van der Waals surface area contributed by atoms with Crippen molar-refractivity contribution in [2.45, 2.75) is 11.8 Å². The zero-order valence-corrected chi connectivity index (χ0v) is 11.5. The molecular formula is C13H12O5S. The Kier molecular flexibility index (Phi) is 3.80. The quantitative estimate of drug-likeness (QED) is 0.773. The number of hydrogen-bond donors (Lipinski definition) is 0. The van der Waals surface area contributed by atoms with E-state index in [2.05, 4.69) is 9.47 Å². The van der Waals surface area contributed by atoms with Crippen molar-refractivity contribution in [3.8, 4) is 5.75 Å². The lowest BCUT2D eigenvalue weighted by atomic mass is 10.2. The number of hydrogen-bond acceptors (Lipinski definition) is 6. The van der Waals surface area contributed by atoms with Crippen LogP contribution in [0.3, 0.4) is 0 Å². The fourth-order valence-corrected chi connectivity index (χ4v) is 2.61. The summed E-state index contributed by atoms with van der Waals surface area (Å²) >= 11 is 1.13. The Morgan fingerprint density at radius 2 is 1.84 bits per heavy atom. The maximum Gasteiger partial charge on any atom is 0.375 e. The SMILES string of the molecule is COC(=O)C1=C(C(=O)OC)Sc2cc(C)ccc2O1. The van der Waals surface area contributed by atoms with Crippen LogP contribution in [0.4, 0.5) is 0 Å². The largest absolute Gasteiger partial charge is 0.465 e. The van der Waals surface area contributed by atoms with Gasteiger partial charge in [0, 0.05) is 0 Å². The minimum atomic E-state index is -0.709. The van der Waals surface area contributed by atoms with E-state index in [0.29, 0.717) is 5.75 Å². The Hall–Kier alpha value is -1.95. The van der Waals surface area contributed by atoms with Crippen molar-refractivity contribution in [3.63, 3.8) is 0 Å². The molecule has 0 saturated carbocycles. The lowest BCUT2D eigenvalue weighted by Crippen LogP contribution is -2.20. The van der Waals surface area contributed by atoms with E-state index in [0.717, 1.165) is 22.2 Å². The molecule has 0 aliphatic carbocycles. The van der Waals surface area contributed by atoms with Crippen molar-refractivity contribution >= 4 is 23.7 Å². The molecule has 0 aromatic heterocycles. The number of methoxy groups -OCH3 is 2. The molecule has 0 unspecified atom stereocenters. The summed E-state index contributed by atoms with van der Waals surface area (Å²) < 4.78 is 14.7. The predicted molar refractivity (Wildman–Crippen MR) is 68.7 cm³/mol. The molecule has 1 aromatic rings. The van der Waals surface area contributed by atoms with Gasteiger partial charge in [-0.25, -0.2) is 9.59 Å². The molecule has 0 N–H and O–H groups in total. The lowest BCUT2D eigenvalue weighted by molar-refractivity contribution is -0.140. The summed E-state index contributed by atoms with van der Waals surface area (Å²) in [4.78, 5) is 24.2. The second-order valence-corrected chi connectivity index (χ2v) is 4.85. The van der Waals surface area contributed by atoms with E-state index in [-0.39, 0.29) is 10.7 Å².